The molecule has 43 heavy (non-hydrogen) atoms. The molecule has 0 N–H and O–H groups in total. The van der Waals surface area contributed by atoms with Crippen molar-refractivity contribution >= 4 is 31.9 Å². The fourth-order valence-corrected chi connectivity index (χ4v) is 7.86. The first-order valence-electron chi connectivity index (χ1n) is 12.8. The van der Waals surface area contributed by atoms with E-state index in [2.05, 4.69) is 4.98 Å². The number of aromatic nitrogens is 1. The lowest BCUT2D eigenvalue weighted by Crippen LogP contribution is -2.37. The molecule has 218 valence electrons. The standard InChI is InChI=1S/C32H23F3N2O4S2/c33-32(34,35)22-21-24-11-20-31(36-23-24)37(42(38,39)29-16-12-27(13-17-29)25-7-3-1-4-8-25)43(40,41)30-18-14-28(15-19-30)26-9-5-2-6-10-26/h1-23H/b22-21+. The number of anilines is 1. The summed E-state index contributed by atoms with van der Waals surface area (Å²) < 4.78 is 94.0. The van der Waals surface area contributed by atoms with Crippen molar-refractivity contribution in [3.63, 3.8) is 0 Å². The molecular weight excluding hydrogens is 597 g/mol. The maximum Gasteiger partial charge on any atom is 0.409 e. The normalized spacial score (nSPS) is 12.3. The van der Waals surface area contributed by atoms with Gasteiger partial charge in [0.25, 0.3) is 20.0 Å². The summed E-state index contributed by atoms with van der Waals surface area (Å²) in [6.45, 7) is 0. The summed E-state index contributed by atoms with van der Waals surface area (Å²) >= 11 is 0. The van der Waals surface area contributed by atoms with Crippen molar-refractivity contribution in [3.05, 3.63) is 139 Å². The van der Waals surface area contributed by atoms with Gasteiger partial charge in [0.05, 0.1) is 9.79 Å². The van der Waals surface area contributed by atoms with Gasteiger partial charge >= 0.3 is 6.18 Å². The van der Waals surface area contributed by atoms with Crippen LogP contribution in [-0.2, 0) is 20.0 Å². The van der Waals surface area contributed by atoms with Gasteiger partial charge < -0.3 is 0 Å². The second-order valence-electron chi connectivity index (χ2n) is 9.31. The molecule has 0 aliphatic rings. The maximum absolute atomic E-state index is 14.0. The van der Waals surface area contributed by atoms with Gasteiger partial charge in [-0.2, -0.15) is 30.0 Å². The van der Waals surface area contributed by atoms with E-state index in [-0.39, 0.29) is 25.1 Å². The lowest BCUT2D eigenvalue weighted by Gasteiger charge is -2.23. The third-order valence-corrected chi connectivity index (χ3v) is 10.5. The molecule has 0 bridgehead atoms. The van der Waals surface area contributed by atoms with Gasteiger partial charge in [-0.15, -0.1) is 3.71 Å². The zero-order valence-corrected chi connectivity index (χ0v) is 23.9. The number of halogens is 3. The largest absolute Gasteiger partial charge is 0.409 e. The van der Waals surface area contributed by atoms with E-state index >= 15 is 0 Å². The quantitative estimate of drug-likeness (QED) is 0.179. The summed E-state index contributed by atoms with van der Waals surface area (Å²) in [7, 11) is -9.57. The minimum absolute atomic E-state index is 0.00246. The van der Waals surface area contributed by atoms with Crippen LogP contribution in [0.15, 0.2) is 143 Å². The summed E-state index contributed by atoms with van der Waals surface area (Å²) in [5.41, 5.74) is 3.08. The van der Waals surface area contributed by atoms with Crippen molar-refractivity contribution < 1.29 is 30.0 Å². The first kappa shape index (κ1) is 29.7. The first-order chi connectivity index (χ1) is 20.4. The Balaban J connectivity index is 1.58. The zero-order valence-electron chi connectivity index (χ0n) is 22.3. The van der Waals surface area contributed by atoms with Gasteiger partial charge in [-0.25, -0.2) is 4.98 Å². The molecule has 0 aliphatic heterocycles. The fraction of sp³-hybridized carbons (Fsp3) is 0.0312. The molecule has 1 heterocycles. The molecule has 5 rings (SSSR count). The molecular formula is C32H23F3N2O4S2. The summed E-state index contributed by atoms with van der Waals surface area (Å²) in [4.78, 5) is 3.30. The smallest absolute Gasteiger partial charge is 0.237 e. The van der Waals surface area contributed by atoms with Crippen LogP contribution in [0.4, 0.5) is 19.0 Å². The third kappa shape index (κ3) is 6.68. The minimum Gasteiger partial charge on any atom is -0.237 e. The van der Waals surface area contributed by atoms with Crippen molar-refractivity contribution in [2.75, 3.05) is 3.71 Å². The Bertz CT molecular complexity index is 1830. The van der Waals surface area contributed by atoms with Crippen LogP contribution in [0.5, 0.6) is 0 Å². The molecule has 0 saturated heterocycles. The molecule has 1 aromatic heterocycles. The van der Waals surface area contributed by atoms with Crippen LogP contribution < -0.4 is 3.71 Å². The molecule has 6 nitrogen and oxygen atoms in total. The lowest BCUT2D eigenvalue weighted by atomic mass is 10.1. The van der Waals surface area contributed by atoms with Crippen molar-refractivity contribution in [1.82, 2.24) is 4.98 Å². The highest BCUT2D eigenvalue weighted by Crippen LogP contribution is 2.32. The summed E-state index contributed by atoms with van der Waals surface area (Å²) in [6, 6.07) is 32.0. The van der Waals surface area contributed by atoms with Crippen LogP contribution in [0.25, 0.3) is 28.3 Å². The van der Waals surface area contributed by atoms with Crippen molar-refractivity contribution in [1.29, 1.82) is 0 Å². The summed E-state index contributed by atoms with van der Waals surface area (Å²) in [5, 5.41) is 0. The van der Waals surface area contributed by atoms with E-state index in [9.17, 15) is 30.0 Å². The number of nitrogens with zero attached hydrogens (tertiary/aromatic N) is 2. The zero-order chi connectivity index (χ0) is 30.7. The number of hydrogen-bond acceptors (Lipinski definition) is 5. The van der Waals surface area contributed by atoms with E-state index in [1.54, 1.807) is 24.3 Å². The van der Waals surface area contributed by atoms with Crippen molar-refractivity contribution in [2.24, 2.45) is 0 Å². The van der Waals surface area contributed by atoms with Gasteiger partial charge in [-0.05, 0) is 70.3 Å². The number of rotatable bonds is 8. The molecule has 0 fully saturated rings. The van der Waals surface area contributed by atoms with Crippen LogP contribution in [0.3, 0.4) is 0 Å². The Morgan fingerprint density at radius 2 is 0.977 bits per heavy atom. The molecule has 0 saturated carbocycles. The molecule has 5 aromatic rings. The molecule has 11 heteroatoms. The lowest BCUT2D eigenvalue weighted by molar-refractivity contribution is -0.0790. The highest BCUT2D eigenvalue weighted by atomic mass is 32.3. The van der Waals surface area contributed by atoms with E-state index in [1.807, 2.05) is 60.7 Å². The van der Waals surface area contributed by atoms with Crippen LogP contribution >= 0.6 is 0 Å². The van der Waals surface area contributed by atoms with Gasteiger partial charge in [0.15, 0.2) is 5.82 Å². The van der Waals surface area contributed by atoms with Gasteiger partial charge in [-0.1, -0.05) is 84.9 Å². The Morgan fingerprint density at radius 3 is 1.35 bits per heavy atom. The summed E-state index contributed by atoms with van der Waals surface area (Å²) in [5.74, 6) is -0.511. The second-order valence-corrected chi connectivity index (χ2v) is 13.1. The monoisotopic (exact) mass is 620 g/mol. The average Bonchev–Trinajstić information content (AvgIpc) is 3.01. The molecule has 4 aromatic carbocycles. The van der Waals surface area contributed by atoms with E-state index in [4.69, 9.17) is 0 Å². The first-order valence-corrected chi connectivity index (χ1v) is 15.7. The van der Waals surface area contributed by atoms with Crippen LogP contribution in [-0.4, -0.2) is 28.0 Å². The third-order valence-electron chi connectivity index (χ3n) is 6.38. The van der Waals surface area contributed by atoms with Gasteiger partial charge in [0.1, 0.15) is 0 Å². The van der Waals surface area contributed by atoms with E-state index < -0.39 is 32.0 Å². The highest BCUT2D eigenvalue weighted by molar-refractivity contribution is 8.10. The van der Waals surface area contributed by atoms with E-state index in [0.717, 1.165) is 35.5 Å². The topological polar surface area (TPSA) is 84.4 Å². The molecule has 0 spiro atoms. The number of sulfonamides is 2. The average molecular weight is 621 g/mol. The Kier molecular flexibility index (Phi) is 8.21. The van der Waals surface area contributed by atoms with Crippen LogP contribution in [0, 0.1) is 0 Å². The molecule has 0 aliphatic carbocycles. The number of alkyl halides is 3. The Morgan fingerprint density at radius 1 is 0.558 bits per heavy atom. The van der Waals surface area contributed by atoms with Gasteiger partial charge in [0, 0.05) is 12.3 Å². The highest BCUT2D eigenvalue weighted by Gasteiger charge is 2.38. The van der Waals surface area contributed by atoms with Crippen LogP contribution in [0.2, 0.25) is 0 Å². The predicted molar refractivity (Wildman–Crippen MR) is 160 cm³/mol. The van der Waals surface area contributed by atoms with Crippen molar-refractivity contribution in [2.45, 2.75) is 16.0 Å². The number of allylic oxidation sites excluding steroid dienone is 1. The molecule has 0 unspecified atom stereocenters. The SMILES string of the molecule is O=S(=O)(c1ccc(-c2ccccc2)cc1)N(c1ccc(/C=C/C(F)(F)F)cn1)S(=O)(=O)c1ccc(-c2ccccc2)cc1. The Labute approximate surface area is 247 Å². The Hall–Kier alpha value is -4.74. The predicted octanol–water partition coefficient (Wildman–Crippen LogP) is 7.58. The molecule has 0 amide bonds. The van der Waals surface area contributed by atoms with Crippen LogP contribution in [0.1, 0.15) is 5.56 Å². The maximum atomic E-state index is 14.0. The number of hydrogen-bond donors (Lipinski definition) is 0. The van der Waals surface area contributed by atoms with Crippen molar-refractivity contribution in [3.8, 4) is 22.3 Å². The second kappa shape index (κ2) is 11.9. The van der Waals surface area contributed by atoms with E-state index in [1.165, 1.54) is 24.3 Å². The fourth-order valence-electron chi connectivity index (χ4n) is 4.26. The minimum atomic E-state index is -4.78. The van der Waals surface area contributed by atoms with Gasteiger partial charge in [-0.3, -0.25) is 0 Å². The number of benzene rings is 4. The van der Waals surface area contributed by atoms with Gasteiger partial charge in [0.2, 0.25) is 0 Å². The number of pyridine rings is 1. The summed E-state index contributed by atoms with van der Waals surface area (Å²) in [6.07, 6.45) is -2.87. The molecule has 0 atom stereocenters. The molecule has 0 radical (unpaired) electrons. The van der Waals surface area contributed by atoms with E-state index in [0.29, 0.717) is 11.1 Å².